The summed E-state index contributed by atoms with van der Waals surface area (Å²) in [4.78, 5) is 17.0. The Labute approximate surface area is 132 Å². The van der Waals surface area contributed by atoms with Gasteiger partial charge in [-0.3, -0.25) is 4.79 Å². The smallest absolute Gasteiger partial charge is 0.264 e. The second kappa shape index (κ2) is 7.95. The molecule has 1 saturated heterocycles. The summed E-state index contributed by atoms with van der Waals surface area (Å²) >= 11 is 1.66. The zero-order valence-electron chi connectivity index (χ0n) is 13.2. The maximum absolute atomic E-state index is 12.8. The molecule has 0 aromatic carbocycles. The predicted molar refractivity (Wildman–Crippen MR) is 88.1 cm³/mol. The van der Waals surface area contributed by atoms with Gasteiger partial charge in [-0.15, -0.1) is 11.3 Å². The zero-order valence-corrected chi connectivity index (χ0v) is 14.0. The van der Waals surface area contributed by atoms with E-state index in [4.69, 9.17) is 0 Å². The third kappa shape index (κ3) is 3.86. The summed E-state index contributed by atoms with van der Waals surface area (Å²) in [7, 11) is 0. The van der Waals surface area contributed by atoms with Gasteiger partial charge in [-0.2, -0.15) is 0 Å². The van der Waals surface area contributed by atoms with Gasteiger partial charge in [-0.05, 0) is 37.3 Å². The van der Waals surface area contributed by atoms with Gasteiger partial charge in [-0.25, -0.2) is 0 Å². The fraction of sp³-hybridized carbons (Fsp3) is 0.706. The molecule has 0 bridgehead atoms. The molecule has 21 heavy (non-hydrogen) atoms. The molecule has 1 aromatic rings. The molecule has 3 nitrogen and oxygen atoms in total. The quantitative estimate of drug-likeness (QED) is 0.902. The zero-order chi connectivity index (χ0) is 15.2. The predicted octanol–water partition coefficient (Wildman–Crippen LogP) is 3.64. The molecule has 1 aromatic heterocycles. The lowest BCUT2D eigenvalue weighted by Gasteiger charge is -2.28. The molecule has 2 heterocycles. The van der Waals surface area contributed by atoms with Crippen LogP contribution in [0.4, 0.5) is 0 Å². The Morgan fingerprint density at radius 2 is 2.19 bits per heavy atom. The molecular formula is C17H27NO2S. The van der Waals surface area contributed by atoms with Gasteiger partial charge in [0.15, 0.2) is 0 Å². The lowest BCUT2D eigenvalue weighted by molar-refractivity contribution is 0.0604. The minimum atomic E-state index is 0.00167. The molecule has 1 aliphatic heterocycles. The Hall–Kier alpha value is -0.870. The van der Waals surface area contributed by atoms with Crippen LogP contribution in [0.2, 0.25) is 0 Å². The average molecular weight is 309 g/mol. The average Bonchev–Trinajstić information content (AvgIpc) is 2.75. The number of amides is 1. The van der Waals surface area contributed by atoms with E-state index in [0.717, 1.165) is 56.4 Å². The molecule has 0 saturated carbocycles. The first-order chi connectivity index (χ1) is 10.2. The first-order valence-corrected chi connectivity index (χ1v) is 9.06. The van der Waals surface area contributed by atoms with E-state index in [1.165, 1.54) is 10.4 Å². The number of aliphatic hydroxyl groups excluding tert-OH is 1. The Morgan fingerprint density at radius 1 is 1.38 bits per heavy atom. The monoisotopic (exact) mass is 309 g/mol. The normalized spacial score (nSPS) is 19.6. The lowest BCUT2D eigenvalue weighted by Crippen LogP contribution is -2.41. The van der Waals surface area contributed by atoms with Crippen molar-refractivity contribution in [1.82, 2.24) is 4.90 Å². The van der Waals surface area contributed by atoms with Gasteiger partial charge in [0.1, 0.15) is 0 Å². The van der Waals surface area contributed by atoms with Crippen LogP contribution in [-0.2, 0) is 12.8 Å². The number of hydrogen-bond acceptors (Lipinski definition) is 3. The van der Waals surface area contributed by atoms with E-state index < -0.39 is 0 Å². The van der Waals surface area contributed by atoms with Crippen LogP contribution in [0.25, 0.3) is 0 Å². The van der Waals surface area contributed by atoms with Crippen molar-refractivity contribution in [3.63, 3.8) is 0 Å². The van der Waals surface area contributed by atoms with Gasteiger partial charge in [0.2, 0.25) is 0 Å². The van der Waals surface area contributed by atoms with Crippen molar-refractivity contribution in [2.75, 3.05) is 13.2 Å². The number of rotatable bonds is 5. The molecule has 118 valence electrons. The summed E-state index contributed by atoms with van der Waals surface area (Å²) in [6, 6.07) is 2.08. The first-order valence-electron chi connectivity index (χ1n) is 8.24. The maximum atomic E-state index is 12.8. The van der Waals surface area contributed by atoms with Crippen molar-refractivity contribution in [2.45, 2.75) is 64.8 Å². The van der Waals surface area contributed by atoms with Crippen LogP contribution < -0.4 is 0 Å². The number of nitrogens with zero attached hydrogens (tertiary/aromatic N) is 1. The summed E-state index contributed by atoms with van der Waals surface area (Å²) in [6.45, 7) is 5.20. The van der Waals surface area contributed by atoms with Crippen LogP contribution >= 0.6 is 11.3 Å². The Kier molecular flexibility index (Phi) is 6.24. The van der Waals surface area contributed by atoms with Gasteiger partial charge >= 0.3 is 0 Å². The highest BCUT2D eigenvalue weighted by Crippen LogP contribution is 2.27. The Morgan fingerprint density at radius 3 is 2.86 bits per heavy atom. The van der Waals surface area contributed by atoms with Crippen molar-refractivity contribution in [2.24, 2.45) is 0 Å². The molecule has 1 fully saturated rings. The van der Waals surface area contributed by atoms with E-state index in [1.807, 2.05) is 4.90 Å². The lowest BCUT2D eigenvalue weighted by atomic mass is 10.1. The van der Waals surface area contributed by atoms with Crippen molar-refractivity contribution in [3.8, 4) is 0 Å². The number of carbonyl (C=O) groups excluding carboxylic acids is 1. The van der Waals surface area contributed by atoms with E-state index in [1.54, 1.807) is 11.3 Å². The molecule has 1 atom stereocenters. The van der Waals surface area contributed by atoms with E-state index in [-0.39, 0.29) is 18.6 Å². The van der Waals surface area contributed by atoms with Crippen molar-refractivity contribution < 1.29 is 9.90 Å². The van der Waals surface area contributed by atoms with Gasteiger partial charge in [0.05, 0.1) is 17.5 Å². The van der Waals surface area contributed by atoms with E-state index in [0.29, 0.717) is 0 Å². The number of aryl methyl sites for hydroxylation is 2. The summed E-state index contributed by atoms with van der Waals surface area (Å²) in [6.07, 6.45) is 7.41. The van der Waals surface area contributed by atoms with Gasteiger partial charge in [0, 0.05) is 11.4 Å². The largest absolute Gasteiger partial charge is 0.394 e. The minimum absolute atomic E-state index is 0.00167. The van der Waals surface area contributed by atoms with E-state index in [2.05, 4.69) is 19.9 Å². The first kappa shape index (κ1) is 16.5. The van der Waals surface area contributed by atoms with Crippen LogP contribution in [-0.4, -0.2) is 35.1 Å². The fourth-order valence-electron chi connectivity index (χ4n) is 3.09. The van der Waals surface area contributed by atoms with Crippen LogP contribution in [0.1, 0.15) is 66.1 Å². The van der Waals surface area contributed by atoms with Crippen molar-refractivity contribution in [1.29, 1.82) is 0 Å². The molecule has 0 aliphatic carbocycles. The summed E-state index contributed by atoms with van der Waals surface area (Å²) < 4.78 is 0. The molecular weight excluding hydrogens is 282 g/mol. The molecule has 0 radical (unpaired) electrons. The maximum Gasteiger partial charge on any atom is 0.264 e. The summed E-state index contributed by atoms with van der Waals surface area (Å²) in [5.41, 5.74) is 1.32. The van der Waals surface area contributed by atoms with E-state index >= 15 is 0 Å². The van der Waals surface area contributed by atoms with Crippen LogP contribution in [0, 0.1) is 0 Å². The number of likely N-dealkylation sites (tertiary alicyclic amines) is 1. The standard InChI is InChI=1S/C17H27NO2S/c1-3-8-15-13(4-2)11-16(21-15)17(20)18-10-7-5-6-9-14(18)12-19/h11,14,19H,3-10,12H2,1-2H3. The summed E-state index contributed by atoms with van der Waals surface area (Å²) in [5, 5.41) is 9.58. The molecule has 2 rings (SSSR count). The number of hydrogen-bond donors (Lipinski definition) is 1. The van der Waals surface area contributed by atoms with Crippen LogP contribution in [0.15, 0.2) is 6.07 Å². The summed E-state index contributed by atoms with van der Waals surface area (Å²) in [5.74, 6) is 0.123. The third-order valence-electron chi connectivity index (χ3n) is 4.31. The van der Waals surface area contributed by atoms with Gasteiger partial charge in [0.25, 0.3) is 5.91 Å². The SMILES string of the molecule is CCCc1sc(C(=O)N2CCCCCC2CO)cc1CC. The van der Waals surface area contributed by atoms with Crippen LogP contribution in [0.5, 0.6) is 0 Å². The molecule has 1 unspecified atom stereocenters. The highest BCUT2D eigenvalue weighted by atomic mass is 32.1. The molecule has 0 spiro atoms. The highest BCUT2D eigenvalue weighted by molar-refractivity contribution is 7.14. The van der Waals surface area contributed by atoms with E-state index in [9.17, 15) is 9.90 Å². The fourth-order valence-corrected chi connectivity index (χ4v) is 4.40. The number of aliphatic hydroxyl groups is 1. The number of thiophene rings is 1. The molecule has 4 heteroatoms. The molecule has 1 amide bonds. The molecule has 1 aliphatic rings. The second-order valence-electron chi connectivity index (χ2n) is 5.85. The second-order valence-corrected chi connectivity index (χ2v) is 6.98. The Balaban J connectivity index is 2.21. The minimum Gasteiger partial charge on any atom is -0.394 e. The third-order valence-corrected chi connectivity index (χ3v) is 5.54. The topological polar surface area (TPSA) is 40.5 Å². The van der Waals surface area contributed by atoms with Crippen molar-refractivity contribution >= 4 is 17.2 Å². The van der Waals surface area contributed by atoms with Gasteiger partial charge in [-0.1, -0.05) is 33.1 Å². The van der Waals surface area contributed by atoms with Crippen molar-refractivity contribution in [3.05, 3.63) is 21.4 Å². The molecule has 1 N–H and O–H groups in total. The van der Waals surface area contributed by atoms with Gasteiger partial charge < -0.3 is 10.0 Å². The number of carbonyl (C=O) groups is 1. The van der Waals surface area contributed by atoms with Crippen LogP contribution in [0.3, 0.4) is 0 Å². The Bertz CT molecular complexity index is 469. The highest BCUT2D eigenvalue weighted by Gasteiger charge is 2.27.